The molecule has 1 aliphatic rings. The fraction of sp³-hybridized carbons (Fsp3) is 0.429. The van der Waals surface area contributed by atoms with Gasteiger partial charge in [0.2, 0.25) is 5.91 Å². The lowest BCUT2D eigenvalue weighted by Gasteiger charge is -2.38. The molecule has 0 saturated carbocycles. The van der Waals surface area contributed by atoms with Crippen molar-refractivity contribution in [2.45, 2.75) is 25.4 Å². The van der Waals surface area contributed by atoms with Crippen LogP contribution < -0.4 is 4.74 Å². The van der Waals surface area contributed by atoms with Gasteiger partial charge in [-0.25, -0.2) is 0 Å². The van der Waals surface area contributed by atoms with Crippen molar-refractivity contribution < 1.29 is 14.3 Å². The Morgan fingerprint density at radius 1 is 1.23 bits per heavy atom. The molecule has 2 aromatic rings. The summed E-state index contributed by atoms with van der Waals surface area (Å²) in [5.41, 5.74) is 1.27. The van der Waals surface area contributed by atoms with E-state index in [1.54, 1.807) is 19.5 Å². The maximum Gasteiger partial charge on any atom is 0.224 e. The quantitative estimate of drug-likeness (QED) is 0.767. The van der Waals surface area contributed by atoms with Gasteiger partial charge in [-0.1, -0.05) is 30.3 Å². The Morgan fingerprint density at radius 3 is 2.81 bits per heavy atom. The molecule has 1 fully saturated rings. The normalized spacial score (nSPS) is 20.0. The topological polar surface area (TPSA) is 51.7 Å². The van der Waals surface area contributed by atoms with Gasteiger partial charge in [-0.3, -0.25) is 9.78 Å². The molecular formula is C21H26N2O3. The van der Waals surface area contributed by atoms with E-state index in [2.05, 4.69) is 29.2 Å². The second-order valence-corrected chi connectivity index (χ2v) is 6.67. The molecule has 0 radical (unpaired) electrons. The zero-order valence-corrected chi connectivity index (χ0v) is 15.2. The van der Waals surface area contributed by atoms with Gasteiger partial charge in [0, 0.05) is 38.7 Å². The summed E-state index contributed by atoms with van der Waals surface area (Å²) in [5, 5.41) is 0. The van der Waals surface area contributed by atoms with Crippen LogP contribution in [0.1, 0.15) is 18.4 Å². The summed E-state index contributed by atoms with van der Waals surface area (Å²) in [6.07, 6.45) is 5.71. The molecule has 1 aromatic heterocycles. The van der Waals surface area contributed by atoms with Crippen molar-refractivity contribution in [1.29, 1.82) is 0 Å². The summed E-state index contributed by atoms with van der Waals surface area (Å²) in [6, 6.07) is 14.2. The molecule has 5 nitrogen and oxygen atoms in total. The Hall–Kier alpha value is -2.40. The van der Waals surface area contributed by atoms with Crippen molar-refractivity contribution in [2.24, 2.45) is 5.92 Å². The third-order valence-electron chi connectivity index (χ3n) is 4.80. The van der Waals surface area contributed by atoms with Crippen LogP contribution in [0, 0.1) is 5.92 Å². The predicted molar refractivity (Wildman–Crippen MR) is 100.0 cm³/mol. The number of hydrogen-bond donors (Lipinski definition) is 0. The number of rotatable bonds is 7. The van der Waals surface area contributed by atoms with Crippen LogP contribution in [-0.2, 0) is 16.0 Å². The van der Waals surface area contributed by atoms with Crippen LogP contribution in [-0.4, -0.2) is 48.7 Å². The van der Waals surface area contributed by atoms with Crippen LogP contribution in [0.2, 0.25) is 0 Å². The lowest BCUT2D eigenvalue weighted by atomic mass is 9.88. The molecule has 0 aliphatic carbocycles. The van der Waals surface area contributed by atoms with Crippen LogP contribution in [0.4, 0.5) is 0 Å². The predicted octanol–water partition coefficient (Wildman–Crippen LogP) is 2.96. The van der Waals surface area contributed by atoms with Crippen molar-refractivity contribution in [1.82, 2.24) is 9.88 Å². The summed E-state index contributed by atoms with van der Waals surface area (Å²) in [7, 11) is 1.62. The first-order valence-electron chi connectivity index (χ1n) is 9.13. The van der Waals surface area contributed by atoms with E-state index in [0.29, 0.717) is 19.6 Å². The molecule has 26 heavy (non-hydrogen) atoms. The average molecular weight is 354 g/mol. The zero-order chi connectivity index (χ0) is 18.2. The summed E-state index contributed by atoms with van der Waals surface area (Å²) < 4.78 is 11.3. The van der Waals surface area contributed by atoms with Gasteiger partial charge in [0.1, 0.15) is 11.9 Å². The van der Waals surface area contributed by atoms with Crippen LogP contribution in [0.15, 0.2) is 54.9 Å². The number of benzene rings is 1. The SMILES string of the molecule is COCCC(=O)N1CC[C@H](Oc2cccnc2)[C@@H](Cc2ccccc2)C1. The summed E-state index contributed by atoms with van der Waals surface area (Å²) in [5.74, 6) is 1.19. The number of likely N-dealkylation sites (tertiary alicyclic amines) is 1. The fourth-order valence-corrected chi connectivity index (χ4v) is 3.44. The van der Waals surface area contributed by atoms with Gasteiger partial charge in [-0.05, 0) is 24.1 Å². The molecule has 0 N–H and O–H groups in total. The maximum absolute atomic E-state index is 12.4. The van der Waals surface area contributed by atoms with Gasteiger partial charge in [-0.15, -0.1) is 0 Å². The van der Waals surface area contributed by atoms with Gasteiger partial charge in [0.05, 0.1) is 19.2 Å². The highest BCUT2D eigenvalue weighted by atomic mass is 16.5. The second-order valence-electron chi connectivity index (χ2n) is 6.67. The number of nitrogens with zero attached hydrogens (tertiary/aromatic N) is 2. The largest absolute Gasteiger partial charge is 0.488 e. The first-order chi connectivity index (χ1) is 12.8. The number of carbonyl (C=O) groups is 1. The molecule has 0 unspecified atom stereocenters. The van der Waals surface area contributed by atoms with Crippen molar-refractivity contribution >= 4 is 5.91 Å². The fourth-order valence-electron chi connectivity index (χ4n) is 3.44. The van der Waals surface area contributed by atoms with Crippen molar-refractivity contribution in [3.8, 4) is 5.75 Å². The minimum Gasteiger partial charge on any atom is -0.488 e. The lowest BCUT2D eigenvalue weighted by molar-refractivity contribution is -0.135. The van der Waals surface area contributed by atoms with Crippen LogP contribution >= 0.6 is 0 Å². The minimum atomic E-state index is 0.0749. The number of methoxy groups -OCH3 is 1. The first-order valence-corrected chi connectivity index (χ1v) is 9.13. The van der Waals surface area contributed by atoms with Crippen molar-refractivity contribution in [3.63, 3.8) is 0 Å². The van der Waals surface area contributed by atoms with Gasteiger partial charge in [0.25, 0.3) is 0 Å². The number of hydrogen-bond acceptors (Lipinski definition) is 4. The summed E-state index contributed by atoms with van der Waals surface area (Å²) in [4.78, 5) is 18.5. The molecule has 1 aromatic carbocycles. The molecule has 138 valence electrons. The van der Waals surface area contributed by atoms with Crippen molar-refractivity contribution in [2.75, 3.05) is 26.8 Å². The molecule has 2 heterocycles. The van der Waals surface area contributed by atoms with Gasteiger partial charge in [0.15, 0.2) is 0 Å². The molecule has 1 saturated heterocycles. The van der Waals surface area contributed by atoms with Gasteiger partial charge < -0.3 is 14.4 Å². The van der Waals surface area contributed by atoms with E-state index in [0.717, 1.165) is 25.1 Å². The van der Waals surface area contributed by atoms with Gasteiger partial charge >= 0.3 is 0 Å². The molecule has 2 atom stereocenters. The monoisotopic (exact) mass is 354 g/mol. The van der Waals surface area contributed by atoms with Gasteiger partial charge in [-0.2, -0.15) is 0 Å². The van der Waals surface area contributed by atoms with Crippen molar-refractivity contribution in [3.05, 3.63) is 60.4 Å². The Kier molecular flexibility index (Phi) is 6.61. The Morgan fingerprint density at radius 2 is 2.08 bits per heavy atom. The van der Waals surface area contributed by atoms with E-state index in [1.165, 1.54) is 5.56 Å². The van der Waals surface area contributed by atoms with E-state index >= 15 is 0 Å². The summed E-state index contributed by atoms with van der Waals surface area (Å²) >= 11 is 0. The Balaban J connectivity index is 1.70. The number of pyridine rings is 1. The average Bonchev–Trinajstić information content (AvgIpc) is 2.69. The number of aromatic nitrogens is 1. The van der Waals surface area contributed by atoms with Crippen LogP contribution in [0.25, 0.3) is 0 Å². The highest BCUT2D eigenvalue weighted by Crippen LogP contribution is 2.26. The number of amides is 1. The molecule has 0 spiro atoms. The highest BCUT2D eigenvalue weighted by Gasteiger charge is 2.32. The van der Waals surface area contributed by atoms with E-state index in [-0.39, 0.29) is 17.9 Å². The molecular weight excluding hydrogens is 328 g/mol. The van der Waals surface area contributed by atoms with E-state index < -0.39 is 0 Å². The molecule has 3 rings (SSSR count). The maximum atomic E-state index is 12.4. The standard InChI is InChI=1S/C21H26N2O3/c1-25-13-10-21(24)23-12-9-20(26-19-8-5-11-22-15-19)18(16-23)14-17-6-3-2-4-7-17/h2-8,11,15,18,20H,9-10,12-14,16H2,1H3/t18-,20-/m0/s1. The second kappa shape index (κ2) is 9.34. The van der Waals surface area contributed by atoms with E-state index in [1.807, 2.05) is 23.1 Å². The first kappa shape index (κ1) is 18.4. The number of carbonyl (C=O) groups excluding carboxylic acids is 1. The highest BCUT2D eigenvalue weighted by molar-refractivity contribution is 5.76. The summed E-state index contributed by atoms with van der Waals surface area (Å²) in [6.45, 7) is 1.90. The zero-order valence-electron chi connectivity index (χ0n) is 15.2. The molecule has 1 amide bonds. The number of ether oxygens (including phenoxy) is 2. The molecule has 5 heteroatoms. The number of piperidine rings is 1. The third-order valence-corrected chi connectivity index (χ3v) is 4.80. The Labute approximate surface area is 155 Å². The van der Waals surface area contributed by atoms with Crippen LogP contribution in [0.5, 0.6) is 5.75 Å². The third kappa shape index (κ3) is 5.05. The van der Waals surface area contributed by atoms with E-state index in [4.69, 9.17) is 9.47 Å². The molecule has 1 aliphatic heterocycles. The molecule has 0 bridgehead atoms. The van der Waals surface area contributed by atoms with E-state index in [9.17, 15) is 4.79 Å². The Bertz CT molecular complexity index is 678. The minimum absolute atomic E-state index is 0.0749. The van der Waals surface area contributed by atoms with Crippen LogP contribution in [0.3, 0.4) is 0 Å². The lowest BCUT2D eigenvalue weighted by Crippen LogP contribution is -2.48. The smallest absolute Gasteiger partial charge is 0.224 e.